The third-order valence-corrected chi connectivity index (χ3v) is 3.51. The Hall–Kier alpha value is -0.860. The fourth-order valence-electron chi connectivity index (χ4n) is 2.36. The van der Waals surface area contributed by atoms with Crippen molar-refractivity contribution in [2.24, 2.45) is 5.92 Å². The monoisotopic (exact) mass is 205 g/mol. The topological polar surface area (TPSA) is 23.5 Å². The zero-order chi connectivity index (χ0) is 10.7. The molecule has 0 spiro atoms. The van der Waals surface area contributed by atoms with E-state index in [0.29, 0.717) is 18.6 Å². The SMILES string of the molecule is CC1C(CO)CCN1Cc1ccccc1. The van der Waals surface area contributed by atoms with Crippen LogP contribution in [0.1, 0.15) is 18.9 Å². The van der Waals surface area contributed by atoms with E-state index in [1.165, 1.54) is 5.56 Å². The average Bonchev–Trinajstić information content (AvgIpc) is 2.62. The summed E-state index contributed by atoms with van der Waals surface area (Å²) < 4.78 is 0. The van der Waals surface area contributed by atoms with Crippen LogP contribution >= 0.6 is 0 Å². The third kappa shape index (κ3) is 2.39. The van der Waals surface area contributed by atoms with E-state index in [1.54, 1.807) is 0 Å². The van der Waals surface area contributed by atoms with Gasteiger partial charge in [0.2, 0.25) is 0 Å². The summed E-state index contributed by atoms with van der Waals surface area (Å²) in [6.07, 6.45) is 1.13. The number of nitrogens with zero attached hydrogens (tertiary/aromatic N) is 1. The predicted octanol–water partition coefficient (Wildman–Crippen LogP) is 1.89. The number of likely N-dealkylation sites (tertiary alicyclic amines) is 1. The fraction of sp³-hybridized carbons (Fsp3) is 0.538. The van der Waals surface area contributed by atoms with Crippen molar-refractivity contribution in [3.63, 3.8) is 0 Å². The first kappa shape index (κ1) is 10.7. The Kier molecular flexibility index (Phi) is 3.39. The van der Waals surface area contributed by atoms with Gasteiger partial charge in [0.05, 0.1) is 0 Å². The average molecular weight is 205 g/mol. The molecule has 1 aliphatic rings. The summed E-state index contributed by atoms with van der Waals surface area (Å²) in [5.74, 6) is 0.466. The van der Waals surface area contributed by atoms with Crippen molar-refractivity contribution in [1.29, 1.82) is 0 Å². The summed E-state index contributed by atoms with van der Waals surface area (Å²) in [4.78, 5) is 2.45. The molecule has 2 nitrogen and oxygen atoms in total. The van der Waals surface area contributed by atoms with E-state index in [9.17, 15) is 5.11 Å². The van der Waals surface area contributed by atoms with E-state index in [1.807, 2.05) is 6.07 Å². The molecule has 1 heterocycles. The zero-order valence-corrected chi connectivity index (χ0v) is 9.26. The highest BCUT2D eigenvalue weighted by Gasteiger charge is 2.29. The molecule has 2 rings (SSSR count). The number of rotatable bonds is 3. The molecule has 2 atom stereocenters. The van der Waals surface area contributed by atoms with Crippen molar-refractivity contribution in [3.05, 3.63) is 35.9 Å². The van der Waals surface area contributed by atoms with Gasteiger partial charge in [-0.3, -0.25) is 4.90 Å². The Morgan fingerprint density at radius 2 is 2.07 bits per heavy atom. The Balaban J connectivity index is 1.96. The summed E-state index contributed by atoms with van der Waals surface area (Å²) in [5.41, 5.74) is 1.36. The minimum atomic E-state index is 0.326. The number of aliphatic hydroxyl groups excluding tert-OH is 1. The molecule has 1 fully saturated rings. The van der Waals surface area contributed by atoms with E-state index < -0.39 is 0 Å². The second-order valence-corrected chi connectivity index (χ2v) is 4.43. The van der Waals surface area contributed by atoms with Crippen LogP contribution in [0.15, 0.2) is 30.3 Å². The molecule has 15 heavy (non-hydrogen) atoms. The van der Waals surface area contributed by atoms with Gasteiger partial charge in [0, 0.05) is 19.2 Å². The standard InChI is InChI=1S/C13H19NO/c1-11-13(10-15)7-8-14(11)9-12-5-3-2-4-6-12/h2-6,11,13,15H,7-10H2,1H3. The van der Waals surface area contributed by atoms with Gasteiger partial charge >= 0.3 is 0 Å². The molecular weight excluding hydrogens is 186 g/mol. The lowest BCUT2D eigenvalue weighted by atomic mass is 10.0. The maximum absolute atomic E-state index is 9.19. The highest BCUT2D eigenvalue weighted by atomic mass is 16.3. The van der Waals surface area contributed by atoms with Gasteiger partial charge in [-0.1, -0.05) is 30.3 Å². The molecule has 82 valence electrons. The van der Waals surface area contributed by atoms with Crippen molar-refractivity contribution in [2.45, 2.75) is 25.9 Å². The minimum absolute atomic E-state index is 0.326. The normalized spacial score (nSPS) is 27.1. The minimum Gasteiger partial charge on any atom is -0.396 e. The van der Waals surface area contributed by atoms with Crippen LogP contribution in [0.5, 0.6) is 0 Å². The van der Waals surface area contributed by atoms with Crippen LogP contribution in [0, 0.1) is 5.92 Å². The summed E-state index contributed by atoms with van der Waals surface area (Å²) in [6, 6.07) is 11.1. The van der Waals surface area contributed by atoms with E-state index >= 15 is 0 Å². The van der Waals surface area contributed by atoms with E-state index in [-0.39, 0.29) is 0 Å². The summed E-state index contributed by atoms with van der Waals surface area (Å²) in [7, 11) is 0. The van der Waals surface area contributed by atoms with Crippen molar-refractivity contribution in [2.75, 3.05) is 13.2 Å². The lowest BCUT2D eigenvalue weighted by molar-refractivity contribution is 0.173. The molecule has 1 saturated heterocycles. The lowest BCUT2D eigenvalue weighted by Crippen LogP contribution is -2.30. The molecular formula is C13H19NO. The van der Waals surface area contributed by atoms with Crippen molar-refractivity contribution < 1.29 is 5.11 Å². The molecule has 0 aromatic heterocycles. The highest BCUT2D eigenvalue weighted by Crippen LogP contribution is 2.25. The van der Waals surface area contributed by atoms with Gasteiger partial charge in [-0.15, -0.1) is 0 Å². The number of hydrogen-bond acceptors (Lipinski definition) is 2. The smallest absolute Gasteiger partial charge is 0.0474 e. The highest BCUT2D eigenvalue weighted by molar-refractivity contribution is 5.14. The number of hydrogen-bond donors (Lipinski definition) is 1. The third-order valence-electron chi connectivity index (χ3n) is 3.51. The van der Waals surface area contributed by atoms with E-state index in [4.69, 9.17) is 0 Å². The second kappa shape index (κ2) is 4.77. The summed E-state index contributed by atoms with van der Waals surface area (Å²) >= 11 is 0. The molecule has 0 saturated carbocycles. The van der Waals surface area contributed by atoms with Gasteiger partial charge in [0.1, 0.15) is 0 Å². The van der Waals surface area contributed by atoms with Crippen LogP contribution < -0.4 is 0 Å². The van der Waals surface area contributed by atoms with Gasteiger partial charge in [-0.25, -0.2) is 0 Å². The molecule has 1 aromatic rings. The first-order chi connectivity index (χ1) is 7.31. The molecule has 0 amide bonds. The van der Waals surface area contributed by atoms with E-state index in [2.05, 4.69) is 36.1 Å². The largest absolute Gasteiger partial charge is 0.396 e. The summed E-state index contributed by atoms with van der Waals surface area (Å²) in [6.45, 7) is 4.67. The predicted molar refractivity (Wildman–Crippen MR) is 61.5 cm³/mol. The fourth-order valence-corrected chi connectivity index (χ4v) is 2.36. The van der Waals surface area contributed by atoms with Gasteiger partial charge in [0.25, 0.3) is 0 Å². The van der Waals surface area contributed by atoms with Crippen molar-refractivity contribution in [3.8, 4) is 0 Å². The Morgan fingerprint density at radius 3 is 2.67 bits per heavy atom. The van der Waals surface area contributed by atoms with Crippen molar-refractivity contribution in [1.82, 2.24) is 4.90 Å². The van der Waals surface area contributed by atoms with Gasteiger partial charge < -0.3 is 5.11 Å². The molecule has 2 heteroatoms. The van der Waals surface area contributed by atoms with Gasteiger partial charge in [-0.2, -0.15) is 0 Å². The Labute approximate surface area is 91.5 Å². The van der Waals surface area contributed by atoms with Crippen LogP contribution in [-0.2, 0) is 6.54 Å². The van der Waals surface area contributed by atoms with Gasteiger partial charge in [0.15, 0.2) is 0 Å². The lowest BCUT2D eigenvalue weighted by Gasteiger charge is -2.23. The van der Waals surface area contributed by atoms with Gasteiger partial charge in [-0.05, 0) is 31.4 Å². The molecule has 0 aliphatic carbocycles. The molecule has 1 N–H and O–H groups in total. The van der Waals surface area contributed by atoms with Crippen LogP contribution in [0.4, 0.5) is 0 Å². The first-order valence-corrected chi connectivity index (χ1v) is 5.70. The van der Waals surface area contributed by atoms with Crippen LogP contribution in [-0.4, -0.2) is 29.2 Å². The maximum atomic E-state index is 9.19. The molecule has 2 unspecified atom stereocenters. The number of aliphatic hydroxyl groups is 1. The molecule has 0 bridgehead atoms. The molecule has 1 aromatic carbocycles. The zero-order valence-electron chi connectivity index (χ0n) is 9.26. The Morgan fingerprint density at radius 1 is 1.33 bits per heavy atom. The van der Waals surface area contributed by atoms with E-state index in [0.717, 1.165) is 19.5 Å². The van der Waals surface area contributed by atoms with Crippen LogP contribution in [0.2, 0.25) is 0 Å². The summed E-state index contributed by atoms with van der Waals surface area (Å²) in [5, 5.41) is 9.19. The van der Waals surface area contributed by atoms with Crippen LogP contribution in [0.25, 0.3) is 0 Å². The maximum Gasteiger partial charge on any atom is 0.0474 e. The number of benzene rings is 1. The first-order valence-electron chi connectivity index (χ1n) is 5.70. The second-order valence-electron chi connectivity index (χ2n) is 4.43. The Bertz CT molecular complexity index is 299. The molecule has 0 radical (unpaired) electrons. The molecule has 1 aliphatic heterocycles. The quantitative estimate of drug-likeness (QED) is 0.814. The van der Waals surface area contributed by atoms with Crippen LogP contribution in [0.3, 0.4) is 0 Å². The van der Waals surface area contributed by atoms with Crippen molar-refractivity contribution >= 4 is 0 Å².